The highest BCUT2D eigenvalue weighted by molar-refractivity contribution is 6.30. The normalized spacial score (nSPS) is 10.6. The number of hydrogen-bond acceptors (Lipinski definition) is 2. The molecular weight excluding hydrogens is 284 g/mol. The third-order valence-electron chi connectivity index (χ3n) is 3.33. The van der Waals surface area contributed by atoms with E-state index in [-0.39, 0.29) is 5.78 Å². The zero-order valence-corrected chi connectivity index (χ0v) is 12.2. The molecule has 21 heavy (non-hydrogen) atoms. The second-order valence-electron chi connectivity index (χ2n) is 4.77. The molecule has 1 aromatic heterocycles. The Labute approximate surface area is 127 Å². The fourth-order valence-electron chi connectivity index (χ4n) is 2.26. The number of ketones is 1. The Morgan fingerprint density at radius 3 is 2.38 bits per heavy atom. The van der Waals surface area contributed by atoms with E-state index in [0.717, 1.165) is 11.3 Å². The van der Waals surface area contributed by atoms with E-state index >= 15 is 0 Å². The van der Waals surface area contributed by atoms with Gasteiger partial charge in [-0.15, -0.1) is 0 Å². The SMILES string of the molecule is Cc1[nH]nc(-c2ccccc2)c1C(=O)c1ccc(Cl)cc1. The lowest BCUT2D eigenvalue weighted by atomic mass is 9.98. The third-order valence-corrected chi connectivity index (χ3v) is 3.58. The van der Waals surface area contributed by atoms with E-state index in [1.54, 1.807) is 24.3 Å². The maximum atomic E-state index is 12.7. The number of H-pyrrole nitrogens is 1. The molecule has 1 N–H and O–H groups in total. The van der Waals surface area contributed by atoms with Gasteiger partial charge in [-0.25, -0.2) is 0 Å². The summed E-state index contributed by atoms with van der Waals surface area (Å²) in [6.45, 7) is 1.85. The molecule has 104 valence electrons. The van der Waals surface area contributed by atoms with Gasteiger partial charge in [-0.3, -0.25) is 9.89 Å². The number of aromatic nitrogens is 2. The van der Waals surface area contributed by atoms with Crippen molar-refractivity contribution in [2.45, 2.75) is 6.92 Å². The molecule has 0 saturated heterocycles. The van der Waals surface area contributed by atoms with Gasteiger partial charge in [-0.1, -0.05) is 41.9 Å². The van der Waals surface area contributed by atoms with E-state index in [0.29, 0.717) is 21.8 Å². The number of carbonyl (C=O) groups is 1. The Balaban J connectivity index is 2.08. The fraction of sp³-hybridized carbons (Fsp3) is 0.0588. The number of halogens is 1. The Kier molecular flexibility index (Phi) is 3.59. The molecule has 0 spiro atoms. The van der Waals surface area contributed by atoms with Crippen molar-refractivity contribution in [2.75, 3.05) is 0 Å². The van der Waals surface area contributed by atoms with Crippen molar-refractivity contribution in [1.82, 2.24) is 10.2 Å². The third kappa shape index (κ3) is 2.60. The van der Waals surface area contributed by atoms with Gasteiger partial charge in [0, 0.05) is 21.8 Å². The van der Waals surface area contributed by atoms with E-state index in [1.807, 2.05) is 37.3 Å². The summed E-state index contributed by atoms with van der Waals surface area (Å²) < 4.78 is 0. The van der Waals surface area contributed by atoms with E-state index < -0.39 is 0 Å². The summed E-state index contributed by atoms with van der Waals surface area (Å²) in [6.07, 6.45) is 0. The van der Waals surface area contributed by atoms with Crippen molar-refractivity contribution >= 4 is 17.4 Å². The van der Waals surface area contributed by atoms with Crippen LogP contribution in [-0.2, 0) is 0 Å². The number of nitrogens with one attached hydrogen (secondary N) is 1. The van der Waals surface area contributed by atoms with Crippen LogP contribution < -0.4 is 0 Å². The summed E-state index contributed by atoms with van der Waals surface area (Å²) in [5, 5.41) is 7.79. The average Bonchev–Trinajstić information content (AvgIpc) is 2.90. The minimum absolute atomic E-state index is 0.0585. The maximum Gasteiger partial charge on any atom is 0.197 e. The number of nitrogens with zero attached hydrogens (tertiary/aromatic N) is 1. The fourth-order valence-corrected chi connectivity index (χ4v) is 2.38. The van der Waals surface area contributed by atoms with Gasteiger partial charge >= 0.3 is 0 Å². The van der Waals surface area contributed by atoms with Crippen molar-refractivity contribution in [2.24, 2.45) is 0 Å². The summed E-state index contributed by atoms with van der Waals surface area (Å²) in [4.78, 5) is 12.7. The van der Waals surface area contributed by atoms with Gasteiger partial charge in [-0.2, -0.15) is 5.10 Å². The number of hydrogen-bond donors (Lipinski definition) is 1. The second-order valence-corrected chi connectivity index (χ2v) is 5.21. The zero-order valence-electron chi connectivity index (χ0n) is 11.4. The summed E-state index contributed by atoms with van der Waals surface area (Å²) in [7, 11) is 0. The van der Waals surface area contributed by atoms with Gasteiger partial charge < -0.3 is 0 Å². The molecule has 1 heterocycles. The van der Waals surface area contributed by atoms with Crippen LogP contribution in [0.4, 0.5) is 0 Å². The Morgan fingerprint density at radius 2 is 1.71 bits per heavy atom. The Hall–Kier alpha value is -2.39. The zero-order chi connectivity index (χ0) is 14.8. The molecule has 3 rings (SSSR count). The molecule has 0 aliphatic heterocycles. The Bertz CT molecular complexity index is 776. The largest absolute Gasteiger partial charge is 0.288 e. The smallest absolute Gasteiger partial charge is 0.197 e. The lowest BCUT2D eigenvalue weighted by Gasteiger charge is -2.04. The summed E-state index contributed by atoms with van der Waals surface area (Å²) >= 11 is 5.87. The molecule has 0 aliphatic carbocycles. The van der Waals surface area contributed by atoms with Crippen LogP contribution >= 0.6 is 11.6 Å². The van der Waals surface area contributed by atoms with Gasteiger partial charge in [-0.05, 0) is 31.2 Å². The molecule has 0 aliphatic rings. The van der Waals surface area contributed by atoms with E-state index in [2.05, 4.69) is 10.2 Å². The van der Waals surface area contributed by atoms with Crippen LogP contribution in [0.2, 0.25) is 5.02 Å². The predicted molar refractivity (Wildman–Crippen MR) is 83.6 cm³/mol. The van der Waals surface area contributed by atoms with Crippen LogP contribution in [0.15, 0.2) is 54.6 Å². The topological polar surface area (TPSA) is 45.8 Å². The van der Waals surface area contributed by atoms with Crippen molar-refractivity contribution < 1.29 is 4.79 Å². The van der Waals surface area contributed by atoms with Crippen LogP contribution in [0, 0.1) is 6.92 Å². The molecule has 3 aromatic rings. The molecule has 0 atom stereocenters. The monoisotopic (exact) mass is 296 g/mol. The van der Waals surface area contributed by atoms with Crippen LogP contribution in [0.1, 0.15) is 21.6 Å². The summed E-state index contributed by atoms with van der Waals surface area (Å²) in [6, 6.07) is 16.6. The van der Waals surface area contributed by atoms with Gasteiger partial charge in [0.2, 0.25) is 0 Å². The van der Waals surface area contributed by atoms with E-state index in [9.17, 15) is 4.79 Å². The molecule has 0 amide bonds. The van der Waals surface area contributed by atoms with Gasteiger partial charge in [0.25, 0.3) is 0 Å². The van der Waals surface area contributed by atoms with Crippen molar-refractivity contribution in [3.05, 3.63) is 76.4 Å². The van der Waals surface area contributed by atoms with Crippen molar-refractivity contribution in [3.63, 3.8) is 0 Å². The molecule has 2 aromatic carbocycles. The van der Waals surface area contributed by atoms with Crippen LogP contribution in [0.25, 0.3) is 11.3 Å². The highest BCUT2D eigenvalue weighted by Gasteiger charge is 2.20. The molecule has 3 nitrogen and oxygen atoms in total. The minimum Gasteiger partial charge on any atom is -0.288 e. The number of benzene rings is 2. The maximum absolute atomic E-state index is 12.7. The van der Waals surface area contributed by atoms with Crippen molar-refractivity contribution in [3.8, 4) is 11.3 Å². The van der Waals surface area contributed by atoms with Crippen LogP contribution in [0.5, 0.6) is 0 Å². The summed E-state index contributed by atoms with van der Waals surface area (Å²) in [5.41, 5.74) is 3.55. The first-order valence-corrected chi connectivity index (χ1v) is 6.95. The Morgan fingerprint density at radius 1 is 1.05 bits per heavy atom. The highest BCUT2D eigenvalue weighted by atomic mass is 35.5. The van der Waals surface area contributed by atoms with Gasteiger partial charge in [0.05, 0.1) is 5.56 Å². The molecular formula is C17H13ClN2O. The number of aromatic amines is 1. The first kappa shape index (κ1) is 13.6. The van der Waals surface area contributed by atoms with E-state index in [4.69, 9.17) is 11.6 Å². The standard InChI is InChI=1S/C17H13ClN2O/c1-11-15(17(21)13-7-9-14(18)10-8-13)16(20-19-11)12-5-3-2-4-6-12/h2-10H,1H3,(H,19,20). The highest BCUT2D eigenvalue weighted by Crippen LogP contribution is 2.26. The second kappa shape index (κ2) is 5.54. The van der Waals surface area contributed by atoms with Crippen LogP contribution in [-0.4, -0.2) is 16.0 Å². The lowest BCUT2D eigenvalue weighted by Crippen LogP contribution is -2.03. The number of aryl methyl sites for hydroxylation is 1. The minimum atomic E-state index is -0.0585. The van der Waals surface area contributed by atoms with Gasteiger partial charge in [0.15, 0.2) is 5.78 Å². The molecule has 0 unspecified atom stereocenters. The molecule has 0 fully saturated rings. The first-order valence-electron chi connectivity index (χ1n) is 6.57. The molecule has 0 radical (unpaired) electrons. The predicted octanol–water partition coefficient (Wildman–Crippen LogP) is 4.27. The molecule has 4 heteroatoms. The summed E-state index contributed by atoms with van der Waals surface area (Å²) in [5.74, 6) is -0.0585. The average molecular weight is 297 g/mol. The quantitative estimate of drug-likeness (QED) is 0.734. The first-order chi connectivity index (χ1) is 10.2. The molecule has 0 bridgehead atoms. The number of rotatable bonds is 3. The molecule has 0 saturated carbocycles. The van der Waals surface area contributed by atoms with Crippen LogP contribution in [0.3, 0.4) is 0 Å². The number of carbonyl (C=O) groups excluding carboxylic acids is 1. The lowest BCUT2D eigenvalue weighted by molar-refractivity contribution is 0.103. The van der Waals surface area contributed by atoms with Crippen molar-refractivity contribution in [1.29, 1.82) is 0 Å². The van der Waals surface area contributed by atoms with Gasteiger partial charge in [0.1, 0.15) is 5.69 Å². The van der Waals surface area contributed by atoms with E-state index in [1.165, 1.54) is 0 Å².